The van der Waals surface area contributed by atoms with Gasteiger partial charge in [0, 0.05) is 37.7 Å². The van der Waals surface area contributed by atoms with Crippen molar-refractivity contribution in [2.75, 3.05) is 18.1 Å². The van der Waals surface area contributed by atoms with Crippen LogP contribution >= 0.6 is 31.4 Å². The minimum Gasteiger partial charge on any atom is -0.479 e. The van der Waals surface area contributed by atoms with Crippen LogP contribution in [0.1, 0.15) is 12.8 Å². The van der Waals surface area contributed by atoms with E-state index in [1.807, 2.05) is 0 Å². The number of carbonyl (C=O) groups is 2. The maximum absolute atomic E-state index is 12.7. The van der Waals surface area contributed by atoms with Crippen molar-refractivity contribution in [3.8, 4) is 16.9 Å². The lowest BCUT2D eigenvalue weighted by Crippen LogP contribution is -2.60. The van der Waals surface area contributed by atoms with Gasteiger partial charge in [-0.25, -0.2) is 4.79 Å². The van der Waals surface area contributed by atoms with E-state index in [1.54, 1.807) is 0 Å². The standard InChI is InChI=1S/C16H14ClF3NO5PS/c17-11-9-10(1-2-12(11)26-16(18,19)20)21(13(22)3-8-28-27)15(14(23)24)4-6-25-7-5-15/h1-2,9H,4-7,27H2,(H,23,24). The molecule has 1 amide bonds. The molecule has 1 atom stereocenters. The second kappa shape index (κ2) is 9.23. The van der Waals surface area contributed by atoms with Crippen molar-refractivity contribution in [1.29, 1.82) is 0 Å². The van der Waals surface area contributed by atoms with Gasteiger partial charge in [-0.3, -0.25) is 9.69 Å². The number of carboxylic acid groups (broad SMARTS) is 1. The molecule has 1 saturated heterocycles. The largest absolute Gasteiger partial charge is 0.573 e. The van der Waals surface area contributed by atoms with Crippen molar-refractivity contribution in [3.63, 3.8) is 0 Å². The molecule has 0 spiro atoms. The van der Waals surface area contributed by atoms with E-state index in [4.69, 9.17) is 16.3 Å². The summed E-state index contributed by atoms with van der Waals surface area (Å²) < 4.78 is 46.3. The van der Waals surface area contributed by atoms with Crippen molar-refractivity contribution in [2.24, 2.45) is 0 Å². The average Bonchev–Trinajstić information content (AvgIpc) is 2.62. The molecule has 0 saturated carbocycles. The molecule has 12 heteroatoms. The molecule has 152 valence electrons. The molecule has 6 nitrogen and oxygen atoms in total. The minimum absolute atomic E-state index is 0.0168. The number of carboxylic acids is 1. The van der Waals surface area contributed by atoms with Crippen LogP contribution in [0.3, 0.4) is 0 Å². The number of aliphatic carboxylic acids is 1. The number of benzene rings is 1. The second-order valence-corrected chi connectivity index (χ2v) is 7.15. The third-order valence-corrected chi connectivity index (χ3v) is 4.83. The van der Waals surface area contributed by atoms with Crippen molar-refractivity contribution in [1.82, 2.24) is 0 Å². The summed E-state index contributed by atoms with van der Waals surface area (Å²) in [5, 5.41) is 11.9. The van der Waals surface area contributed by atoms with Gasteiger partial charge in [0.25, 0.3) is 0 Å². The molecule has 0 aromatic heterocycles. The van der Waals surface area contributed by atoms with Gasteiger partial charge in [-0.05, 0) is 23.5 Å². The Morgan fingerprint density at radius 3 is 2.50 bits per heavy atom. The molecule has 1 aliphatic rings. The minimum atomic E-state index is -4.95. The van der Waals surface area contributed by atoms with E-state index in [0.717, 1.165) is 34.5 Å². The van der Waals surface area contributed by atoms with Crippen LogP contribution in [0.4, 0.5) is 18.9 Å². The Hall–Kier alpha value is -1.66. The van der Waals surface area contributed by atoms with Crippen molar-refractivity contribution in [2.45, 2.75) is 24.7 Å². The molecule has 1 aromatic carbocycles. The van der Waals surface area contributed by atoms with E-state index in [1.165, 1.54) is 0 Å². The molecule has 0 radical (unpaired) electrons. The van der Waals surface area contributed by atoms with Gasteiger partial charge in [0.15, 0.2) is 5.54 Å². The molecular weight excluding hydrogens is 442 g/mol. The number of alkyl halides is 3. The lowest BCUT2D eigenvalue weighted by molar-refractivity contribution is -0.274. The molecule has 2 rings (SSSR count). The predicted octanol–water partition coefficient (Wildman–Crippen LogP) is 3.69. The van der Waals surface area contributed by atoms with Gasteiger partial charge >= 0.3 is 18.2 Å². The Morgan fingerprint density at radius 1 is 1.36 bits per heavy atom. The molecule has 28 heavy (non-hydrogen) atoms. The van der Waals surface area contributed by atoms with E-state index in [-0.39, 0.29) is 31.7 Å². The van der Waals surface area contributed by atoms with Gasteiger partial charge < -0.3 is 14.6 Å². The highest BCUT2D eigenvalue weighted by Gasteiger charge is 2.48. The quantitative estimate of drug-likeness (QED) is 0.551. The average molecular weight is 456 g/mol. The van der Waals surface area contributed by atoms with Gasteiger partial charge in [0.05, 0.1) is 5.02 Å². The Morgan fingerprint density at radius 2 is 2.00 bits per heavy atom. The summed E-state index contributed by atoms with van der Waals surface area (Å²) in [4.78, 5) is 25.7. The van der Waals surface area contributed by atoms with Crippen LogP contribution < -0.4 is 9.64 Å². The summed E-state index contributed by atoms with van der Waals surface area (Å²) in [5.74, 6) is -0.487. The van der Waals surface area contributed by atoms with Gasteiger partial charge in [0.2, 0.25) is 0 Å². The zero-order valence-corrected chi connectivity index (χ0v) is 16.8. The fourth-order valence-electron chi connectivity index (χ4n) is 2.77. The molecule has 1 N–H and O–H groups in total. The van der Waals surface area contributed by atoms with Crippen molar-refractivity contribution >= 4 is 49.0 Å². The number of hydrogen-bond donors (Lipinski definition) is 1. The SMILES string of the molecule is O=C(C#CSP)N(c1ccc(OC(F)(F)F)c(Cl)c1)C1(C(=O)O)CCOCC1. The van der Waals surface area contributed by atoms with Crippen LogP contribution in [0, 0.1) is 11.2 Å². The number of ether oxygens (including phenoxy) is 2. The number of halogens is 4. The fourth-order valence-corrected chi connectivity index (χ4v) is 3.30. The van der Waals surface area contributed by atoms with Crippen LogP contribution in [-0.4, -0.2) is 42.1 Å². The third kappa shape index (κ3) is 5.23. The summed E-state index contributed by atoms with van der Waals surface area (Å²) >= 11 is 6.85. The molecule has 0 bridgehead atoms. The summed E-state index contributed by atoms with van der Waals surface area (Å²) in [7, 11) is 2.22. The van der Waals surface area contributed by atoms with E-state index in [9.17, 15) is 27.9 Å². The molecule has 1 aliphatic heterocycles. The van der Waals surface area contributed by atoms with Gasteiger partial charge in [0.1, 0.15) is 5.75 Å². The Bertz CT molecular complexity index is 821. The zero-order valence-electron chi connectivity index (χ0n) is 14.1. The first-order valence-electron chi connectivity index (χ1n) is 7.68. The highest BCUT2D eigenvalue weighted by molar-refractivity contribution is 8.46. The zero-order chi connectivity index (χ0) is 20.9. The number of anilines is 1. The first kappa shape index (κ1) is 22.6. The van der Waals surface area contributed by atoms with E-state index < -0.39 is 34.5 Å². The number of hydrogen-bond acceptors (Lipinski definition) is 5. The lowest BCUT2D eigenvalue weighted by Gasteiger charge is -2.42. The van der Waals surface area contributed by atoms with Gasteiger partial charge in [-0.15, -0.1) is 13.2 Å². The molecular formula is C16H14ClF3NO5PS. The lowest BCUT2D eigenvalue weighted by atomic mass is 9.87. The van der Waals surface area contributed by atoms with Gasteiger partial charge in [-0.1, -0.05) is 31.4 Å². The summed E-state index contributed by atoms with van der Waals surface area (Å²) in [6.07, 6.45) is -5.00. The van der Waals surface area contributed by atoms with E-state index >= 15 is 0 Å². The molecule has 1 aromatic rings. The second-order valence-electron chi connectivity index (χ2n) is 5.60. The molecule has 1 unspecified atom stereocenters. The van der Waals surface area contributed by atoms with Gasteiger partial charge in [-0.2, -0.15) is 0 Å². The van der Waals surface area contributed by atoms with Crippen LogP contribution in [0.15, 0.2) is 18.2 Å². The van der Waals surface area contributed by atoms with Crippen LogP contribution in [-0.2, 0) is 14.3 Å². The number of rotatable bonds is 4. The maximum Gasteiger partial charge on any atom is 0.573 e. The monoisotopic (exact) mass is 455 g/mol. The van der Waals surface area contributed by atoms with E-state index in [0.29, 0.717) is 0 Å². The van der Waals surface area contributed by atoms with Crippen molar-refractivity contribution < 1.29 is 37.3 Å². The third-order valence-electron chi connectivity index (χ3n) is 3.97. The molecule has 1 fully saturated rings. The highest BCUT2D eigenvalue weighted by atomic mass is 35.5. The fraction of sp³-hybridized carbons (Fsp3) is 0.375. The Kier molecular flexibility index (Phi) is 7.46. The smallest absolute Gasteiger partial charge is 0.479 e. The Balaban J connectivity index is 2.54. The summed E-state index contributed by atoms with van der Waals surface area (Å²) in [6, 6.07) is 3.08. The normalized spacial score (nSPS) is 15.9. The topological polar surface area (TPSA) is 76.1 Å². The van der Waals surface area contributed by atoms with Crippen molar-refractivity contribution in [3.05, 3.63) is 23.2 Å². The van der Waals surface area contributed by atoms with E-state index in [2.05, 4.69) is 24.4 Å². The van der Waals surface area contributed by atoms with Crippen LogP contribution in [0.25, 0.3) is 0 Å². The van der Waals surface area contributed by atoms with Crippen LogP contribution in [0.2, 0.25) is 5.02 Å². The maximum atomic E-state index is 12.7. The van der Waals surface area contributed by atoms with Crippen LogP contribution in [0.5, 0.6) is 5.75 Å². The number of nitrogens with zero attached hydrogens (tertiary/aromatic N) is 1. The number of amides is 1. The number of carbonyl (C=O) groups excluding carboxylic acids is 1. The first-order chi connectivity index (χ1) is 13.1. The predicted molar refractivity (Wildman–Crippen MR) is 101 cm³/mol. The molecule has 1 heterocycles. The highest BCUT2D eigenvalue weighted by Crippen LogP contribution is 2.38. The summed E-state index contributed by atoms with van der Waals surface area (Å²) in [6.45, 7) is 0.176. The molecule has 0 aliphatic carbocycles. The Labute approximate surface area is 169 Å². The summed E-state index contributed by atoms with van der Waals surface area (Å²) in [5.41, 5.74) is -1.69. The first-order valence-corrected chi connectivity index (χ1v) is 10.4.